The summed E-state index contributed by atoms with van der Waals surface area (Å²) in [5.74, 6) is -0.974. The number of nitrogens with one attached hydrogen (secondary N) is 3. The van der Waals surface area contributed by atoms with Crippen molar-refractivity contribution in [3.63, 3.8) is 0 Å². The molecule has 0 atom stereocenters. The lowest BCUT2D eigenvalue weighted by atomic mass is 10.2. The number of halogens is 1. The molecule has 0 fully saturated rings. The zero-order valence-corrected chi connectivity index (χ0v) is 13.0. The Balaban J connectivity index is 1.66. The van der Waals surface area contributed by atoms with E-state index in [1.807, 2.05) is 30.3 Å². The number of para-hydroxylation sites is 1. The molecule has 120 valence electrons. The van der Waals surface area contributed by atoms with E-state index in [2.05, 4.69) is 16.2 Å². The van der Waals surface area contributed by atoms with Crippen LogP contribution in [-0.2, 0) is 11.3 Å². The van der Waals surface area contributed by atoms with Gasteiger partial charge in [0.15, 0.2) is 23.3 Å². The molecule has 0 aliphatic carbocycles. The molecule has 3 N–H and O–H groups in total. The van der Waals surface area contributed by atoms with Crippen LogP contribution in [0.1, 0.15) is 5.56 Å². The van der Waals surface area contributed by atoms with E-state index in [9.17, 15) is 9.18 Å². The highest BCUT2D eigenvalue weighted by Crippen LogP contribution is 2.14. The summed E-state index contributed by atoms with van der Waals surface area (Å²) in [4.78, 5) is 11.6. The number of ether oxygens (including phenoxy) is 1. The molecule has 23 heavy (non-hydrogen) atoms. The first-order chi connectivity index (χ1) is 11.1. The molecule has 0 aliphatic rings. The van der Waals surface area contributed by atoms with Crippen molar-refractivity contribution in [1.82, 2.24) is 16.2 Å². The molecule has 7 heteroatoms. The number of carbonyl (C=O) groups is 1. The number of amides is 1. The maximum absolute atomic E-state index is 13.3. The molecule has 0 aliphatic heterocycles. The number of benzene rings is 2. The summed E-state index contributed by atoms with van der Waals surface area (Å²) in [5, 5.41) is 3.21. The lowest BCUT2D eigenvalue weighted by Crippen LogP contribution is -2.48. The Morgan fingerprint density at radius 3 is 2.48 bits per heavy atom. The van der Waals surface area contributed by atoms with Gasteiger partial charge in [0.2, 0.25) is 0 Å². The van der Waals surface area contributed by atoms with Gasteiger partial charge in [-0.15, -0.1) is 0 Å². The normalized spacial score (nSPS) is 9.78. The monoisotopic (exact) mass is 333 g/mol. The highest BCUT2D eigenvalue weighted by Gasteiger charge is 2.06. The molecule has 5 nitrogen and oxygen atoms in total. The van der Waals surface area contributed by atoms with Gasteiger partial charge in [-0.2, -0.15) is 0 Å². The van der Waals surface area contributed by atoms with Crippen LogP contribution < -0.4 is 20.9 Å². The fourth-order valence-corrected chi connectivity index (χ4v) is 1.81. The molecule has 0 unspecified atom stereocenters. The van der Waals surface area contributed by atoms with Gasteiger partial charge >= 0.3 is 0 Å². The van der Waals surface area contributed by atoms with E-state index >= 15 is 0 Å². The number of hydrazine groups is 1. The quantitative estimate of drug-likeness (QED) is 0.576. The van der Waals surface area contributed by atoms with E-state index in [1.54, 1.807) is 12.1 Å². The van der Waals surface area contributed by atoms with E-state index in [1.165, 1.54) is 12.1 Å². The van der Waals surface area contributed by atoms with Gasteiger partial charge in [0.05, 0.1) is 0 Å². The summed E-state index contributed by atoms with van der Waals surface area (Å²) in [6.07, 6.45) is 0. The van der Waals surface area contributed by atoms with Crippen LogP contribution >= 0.6 is 12.2 Å². The Morgan fingerprint density at radius 2 is 1.74 bits per heavy atom. The second-order valence-electron chi connectivity index (χ2n) is 4.56. The Morgan fingerprint density at radius 1 is 1.04 bits per heavy atom. The Kier molecular flexibility index (Phi) is 6.31. The average molecular weight is 333 g/mol. The number of hydrogen-bond acceptors (Lipinski definition) is 3. The summed E-state index contributed by atoms with van der Waals surface area (Å²) < 4.78 is 18.4. The summed E-state index contributed by atoms with van der Waals surface area (Å²) in [5.41, 5.74) is 5.98. The molecular formula is C16H16FN3O2S. The molecule has 0 radical (unpaired) electrons. The Hall–Kier alpha value is -2.67. The maximum Gasteiger partial charge on any atom is 0.276 e. The highest BCUT2D eigenvalue weighted by molar-refractivity contribution is 7.80. The van der Waals surface area contributed by atoms with Crippen molar-refractivity contribution < 1.29 is 13.9 Å². The van der Waals surface area contributed by atoms with Gasteiger partial charge in [-0.1, -0.05) is 42.5 Å². The summed E-state index contributed by atoms with van der Waals surface area (Å²) in [6.45, 7) is 0.212. The Labute approximate surface area is 138 Å². The lowest BCUT2D eigenvalue weighted by Gasteiger charge is -2.12. The van der Waals surface area contributed by atoms with Gasteiger partial charge in [-0.25, -0.2) is 4.39 Å². The minimum absolute atomic E-state index is 0.0208. The molecule has 2 rings (SSSR count). The molecule has 0 saturated heterocycles. The second-order valence-corrected chi connectivity index (χ2v) is 4.97. The van der Waals surface area contributed by atoms with E-state index < -0.39 is 11.7 Å². The van der Waals surface area contributed by atoms with Crippen molar-refractivity contribution in [3.05, 3.63) is 66.0 Å². The van der Waals surface area contributed by atoms with E-state index in [4.69, 9.17) is 17.0 Å². The molecule has 0 heterocycles. The molecule has 0 aromatic heterocycles. The maximum atomic E-state index is 13.3. The summed E-state index contributed by atoms with van der Waals surface area (Å²) in [6, 6.07) is 15.6. The summed E-state index contributed by atoms with van der Waals surface area (Å²) >= 11 is 5.03. The van der Waals surface area contributed by atoms with Crippen molar-refractivity contribution in [2.24, 2.45) is 0 Å². The van der Waals surface area contributed by atoms with Crippen molar-refractivity contribution in [1.29, 1.82) is 0 Å². The zero-order valence-electron chi connectivity index (χ0n) is 12.2. The molecule has 0 saturated carbocycles. The predicted molar refractivity (Wildman–Crippen MR) is 89.1 cm³/mol. The van der Waals surface area contributed by atoms with E-state index in [0.29, 0.717) is 6.54 Å². The van der Waals surface area contributed by atoms with Gasteiger partial charge in [-0.3, -0.25) is 15.6 Å². The molecule has 1 amide bonds. The number of hydrogen-bond donors (Lipinski definition) is 3. The molecule has 2 aromatic carbocycles. The molecule has 0 spiro atoms. The first-order valence-corrected chi connectivity index (χ1v) is 7.30. The first kappa shape index (κ1) is 16.7. The first-order valence-electron chi connectivity index (χ1n) is 6.89. The standard InChI is InChI=1S/C16H16FN3O2S/c17-13-8-4-5-9-14(13)22-11-15(21)19-20-16(23)18-10-12-6-2-1-3-7-12/h1-9H,10-11H2,(H,19,21)(H2,18,20,23). The van der Waals surface area contributed by atoms with E-state index in [-0.39, 0.29) is 17.5 Å². The number of rotatable bonds is 5. The van der Waals surface area contributed by atoms with Gasteiger partial charge in [-0.05, 0) is 29.9 Å². The van der Waals surface area contributed by atoms with Crippen LogP contribution in [0.5, 0.6) is 5.75 Å². The third-order valence-corrected chi connectivity index (χ3v) is 3.05. The third kappa shape index (κ3) is 5.91. The number of carbonyl (C=O) groups excluding carboxylic acids is 1. The van der Waals surface area contributed by atoms with Crippen LogP contribution in [-0.4, -0.2) is 17.6 Å². The zero-order chi connectivity index (χ0) is 16.5. The highest BCUT2D eigenvalue weighted by atomic mass is 32.1. The topological polar surface area (TPSA) is 62.4 Å². The van der Waals surface area contributed by atoms with Crippen molar-refractivity contribution in [3.8, 4) is 5.75 Å². The minimum atomic E-state index is -0.520. The largest absolute Gasteiger partial charge is 0.481 e. The number of thiocarbonyl (C=S) groups is 1. The summed E-state index contributed by atoms with van der Waals surface area (Å²) in [7, 11) is 0. The fraction of sp³-hybridized carbons (Fsp3) is 0.125. The minimum Gasteiger partial charge on any atom is -0.481 e. The SMILES string of the molecule is O=C(COc1ccccc1F)NNC(=S)NCc1ccccc1. The van der Waals surface area contributed by atoms with Crippen LogP contribution in [0.2, 0.25) is 0 Å². The van der Waals surface area contributed by atoms with Crippen molar-refractivity contribution in [2.75, 3.05) is 6.61 Å². The second kappa shape index (κ2) is 8.70. The van der Waals surface area contributed by atoms with Gasteiger partial charge in [0.25, 0.3) is 5.91 Å². The van der Waals surface area contributed by atoms with Crippen LogP contribution in [0.4, 0.5) is 4.39 Å². The van der Waals surface area contributed by atoms with Crippen LogP contribution in [0.3, 0.4) is 0 Å². The van der Waals surface area contributed by atoms with Crippen LogP contribution in [0.15, 0.2) is 54.6 Å². The van der Waals surface area contributed by atoms with Gasteiger partial charge < -0.3 is 10.1 Å². The Bertz CT molecular complexity index is 667. The van der Waals surface area contributed by atoms with Crippen molar-refractivity contribution >= 4 is 23.2 Å². The van der Waals surface area contributed by atoms with Gasteiger partial charge in [0.1, 0.15) is 0 Å². The van der Waals surface area contributed by atoms with Gasteiger partial charge in [0, 0.05) is 6.54 Å². The fourth-order valence-electron chi connectivity index (χ4n) is 1.69. The van der Waals surface area contributed by atoms with Crippen molar-refractivity contribution in [2.45, 2.75) is 6.54 Å². The predicted octanol–water partition coefficient (Wildman–Crippen LogP) is 1.90. The van der Waals surface area contributed by atoms with E-state index in [0.717, 1.165) is 5.56 Å². The lowest BCUT2D eigenvalue weighted by molar-refractivity contribution is -0.123. The molecule has 2 aromatic rings. The van der Waals surface area contributed by atoms with Crippen LogP contribution in [0, 0.1) is 5.82 Å². The molecule has 0 bridgehead atoms. The smallest absolute Gasteiger partial charge is 0.276 e. The molecular weight excluding hydrogens is 317 g/mol. The average Bonchev–Trinajstić information content (AvgIpc) is 2.58. The van der Waals surface area contributed by atoms with Crippen LogP contribution in [0.25, 0.3) is 0 Å². The third-order valence-electron chi connectivity index (χ3n) is 2.81.